The third-order valence-electron chi connectivity index (χ3n) is 2.14. The van der Waals surface area contributed by atoms with E-state index in [1.165, 1.54) is 7.11 Å². The van der Waals surface area contributed by atoms with Gasteiger partial charge in [0.1, 0.15) is 0 Å². The lowest BCUT2D eigenvalue weighted by Crippen LogP contribution is -2.25. The first-order valence-corrected chi connectivity index (χ1v) is 5.09. The van der Waals surface area contributed by atoms with Gasteiger partial charge in [0.25, 0.3) is 6.47 Å². The minimum atomic E-state index is -0.637. The number of rotatable bonds is 6. The molecule has 0 aliphatic heterocycles. The van der Waals surface area contributed by atoms with E-state index >= 15 is 0 Å². The first-order valence-electron chi connectivity index (χ1n) is 4.56. The van der Waals surface area contributed by atoms with Crippen molar-refractivity contribution in [1.82, 2.24) is 0 Å². The van der Waals surface area contributed by atoms with Crippen LogP contribution in [0.1, 0.15) is 11.5 Å². The Labute approximate surface area is 93.9 Å². The molecule has 0 saturated carbocycles. The number of hydrogen-bond acceptors (Lipinski definition) is 3. The van der Waals surface area contributed by atoms with Gasteiger partial charge in [0.05, 0.1) is 5.92 Å². The lowest BCUT2D eigenvalue weighted by atomic mass is 10.0. The number of hydrogen-bond donors (Lipinski definition) is 0. The Kier molecular flexibility index (Phi) is 5.15. The highest BCUT2D eigenvalue weighted by Gasteiger charge is 2.23. The number of ether oxygens (including phenoxy) is 2. The van der Waals surface area contributed by atoms with Gasteiger partial charge in [0.15, 0.2) is 0 Å². The number of carbonyl (C=O) groups is 1. The minimum Gasteiger partial charge on any atom is -0.437 e. The summed E-state index contributed by atoms with van der Waals surface area (Å²) in [5, 5.41) is 0. The molecule has 0 spiro atoms. The molecule has 0 radical (unpaired) electrons. The Balaban J connectivity index is 2.82. The minimum absolute atomic E-state index is 0.150. The Bertz CT molecular complexity index is 289. The van der Waals surface area contributed by atoms with Gasteiger partial charge < -0.3 is 9.47 Å². The van der Waals surface area contributed by atoms with E-state index < -0.39 is 6.29 Å². The van der Waals surface area contributed by atoms with Crippen molar-refractivity contribution in [2.75, 3.05) is 13.0 Å². The topological polar surface area (TPSA) is 35.5 Å². The maximum absolute atomic E-state index is 10.3. The summed E-state index contributed by atoms with van der Waals surface area (Å²) in [5.74, 6) is 0.180. The fraction of sp³-hybridized carbons (Fsp3) is 0.364. The maximum Gasteiger partial charge on any atom is 0.295 e. The fourth-order valence-corrected chi connectivity index (χ4v) is 1.71. The molecule has 2 unspecified atom stereocenters. The van der Waals surface area contributed by atoms with Crippen LogP contribution in [0.3, 0.4) is 0 Å². The lowest BCUT2D eigenvalue weighted by Gasteiger charge is -2.22. The molecule has 4 heteroatoms. The summed E-state index contributed by atoms with van der Waals surface area (Å²) >= 11 is 5.84. The highest BCUT2D eigenvalue weighted by Crippen LogP contribution is 2.23. The zero-order valence-electron chi connectivity index (χ0n) is 8.43. The van der Waals surface area contributed by atoms with Gasteiger partial charge in [-0.3, -0.25) is 4.79 Å². The molecule has 3 nitrogen and oxygen atoms in total. The highest BCUT2D eigenvalue weighted by molar-refractivity contribution is 6.18. The van der Waals surface area contributed by atoms with Gasteiger partial charge in [0, 0.05) is 13.0 Å². The van der Waals surface area contributed by atoms with Crippen LogP contribution in [0.15, 0.2) is 30.3 Å². The number of alkyl halides is 1. The average Bonchev–Trinajstić information content (AvgIpc) is 2.30. The van der Waals surface area contributed by atoms with Gasteiger partial charge in [-0.05, 0) is 5.56 Å². The van der Waals surface area contributed by atoms with Crippen molar-refractivity contribution >= 4 is 18.1 Å². The molecule has 0 aromatic heterocycles. The molecule has 82 valence electrons. The second-order valence-corrected chi connectivity index (χ2v) is 3.32. The number of benzene rings is 1. The van der Waals surface area contributed by atoms with E-state index in [4.69, 9.17) is 21.1 Å². The van der Waals surface area contributed by atoms with Crippen molar-refractivity contribution in [3.05, 3.63) is 35.9 Å². The van der Waals surface area contributed by atoms with Gasteiger partial charge in [-0.1, -0.05) is 30.3 Å². The van der Waals surface area contributed by atoms with Gasteiger partial charge in [-0.25, -0.2) is 0 Å². The third-order valence-corrected chi connectivity index (χ3v) is 2.48. The smallest absolute Gasteiger partial charge is 0.295 e. The molecular weight excluding hydrogens is 216 g/mol. The number of methoxy groups -OCH3 is 1. The van der Waals surface area contributed by atoms with Crippen LogP contribution >= 0.6 is 11.6 Å². The first kappa shape index (κ1) is 12.0. The molecule has 2 atom stereocenters. The molecule has 1 rings (SSSR count). The second-order valence-electron chi connectivity index (χ2n) is 3.01. The molecule has 0 fully saturated rings. The predicted molar refractivity (Wildman–Crippen MR) is 57.8 cm³/mol. The molecule has 0 N–H and O–H groups in total. The number of carbonyl (C=O) groups excluding carboxylic acids is 1. The van der Waals surface area contributed by atoms with Crippen LogP contribution < -0.4 is 0 Å². The van der Waals surface area contributed by atoms with Crippen LogP contribution in [-0.4, -0.2) is 25.8 Å². The Morgan fingerprint density at radius 2 is 2.07 bits per heavy atom. The maximum atomic E-state index is 10.3. The summed E-state index contributed by atoms with van der Waals surface area (Å²) in [6, 6.07) is 9.57. The summed E-state index contributed by atoms with van der Waals surface area (Å²) in [6.07, 6.45) is -0.637. The van der Waals surface area contributed by atoms with Crippen molar-refractivity contribution < 1.29 is 14.3 Å². The molecule has 15 heavy (non-hydrogen) atoms. The van der Waals surface area contributed by atoms with Crippen LogP contribution in [0, 0.1) is 0 Å². The van der Waals surface area contributed by atoms with Crippen LogP contribution in [0.4, 0.5) is 0 Å². The van der Waals surface area contributed by atoms with Gasteiger partial charge in [-0.15, -0.1) is 11.6 Å². The predicted octanol–water partition coefficient (Wildman–Crippen LogP) is 2.15. The van der Waals surface area contributed by atoms with Crippen LogP contribution in [0.25, 0.3) is 0 Å². The van der Waals surface area contributed by atoms with Crippen LogP contribution in [0.5, 0.6) is 0 Å². The molecule has 0 aliphatic rings. The zero-order valence-corrected chi connectivity index (χ0v) is 9.18. The van der Waals surface area contributed by atoms with E-state index in [2.05, 4.69) is 0 Å². The van der Waals surface area contributed by atoms with E-state index in [9.17, 15) is 4.79 Å². The zero-order chi connectivity index (χ0) is 11.1. The third kappa shape index (κ3) is 3.22. The molecular formula is C11H13ClO3. The summed E-state index contributed by atoms with van der Waals surface area (Å²) in [4.78, 5) is 10.3. The highest BCUT2D eigenvalue weighted by atomic mass is 35.5. The van der Waals surface area contributed by atoms with Gasteiger partial charge >= 0.3 is 0 Å². The van der Waals surface area contributed by atoms with E-state index in [-0.39, 0.29) is 5.92 Å². The molecule has 0 amide bonds. The first-order chi connectivity index (χ1) is 7.33. The summed E-state index contributed by atoms with van der Waals surface area (Å²) in [6.45, 7) is 0.372. The van der Waals surface area contributed by atoms with Crippen LogP contribution in [-0.2, 0) is 14.3 Å². The Hall–Kier alpha value is -1.06. The van der Waals surface area contributed by atoms with Crippen molar-refractivity contribution in [2.24, 2.45) is 0 Å². The number of halogens is 1. The normalized spacial score (nSPS) is 14.3. The Morgan fingerprint density at radius 3 is 2.53 bits per heavy atom. The van der Waals surface area contributed by atoms with Gasteiger partial charge in [0.2, 0.25) is 6.29 Å². The average molecular weight is 229 g/mol. The quantitative estimate of drug-likeness (QED) is 0.425. The largest absolute Gasteiger partial charge is 0.437 e. The van der Waals surface area contributed by atoms with Crippen molar-refractivity contribution in [3.63, 3.8) is 0 Å². The molecule has 1 aromatic rings. The molecule has 1 aromatic carbocycles. The van der Waals surface area contributed by atoms with Crippen LogP contribution in [0.2, 0.25) is 0 Å². The van der Waals surface area contributed by atoms with E-state index in [1.54, 1.807) is 0 Å². The summed E-state index contributed by atoms with van der Waals surface area (Å²) in [7, 11) is 1.48. The monoisotopic (exact) mass is 228 g/mol. The molecule has 0 saturated heterocycles. The van der Waals surface area contributed by atoms with Crippen molar-refractivity contribution in [3.8, 4) is 0 Å². The van der Waals surface area contributed by atoms with Gasteiger partial charge in [-0.2, -0.15) is 0 Å². The van der Waals surface area contributed by atoms with Crippen molar-refractivity contribution in [1.29, 1.82) is 0 Å². The van der Waals surface area contributed by atoms with Crippen molar-refractivity contribution in [2.45, 2.75) is 12.2 Å². The Morgan fingerprint density at radius 1 is 1.40 bits per heavy atom. The molecule has 0 heterocycles. The SMILES string of the molecule is COC(OC=O)C(CCl)c1ccccc1. The van der Waals surface area contributed by atoms with E-state index in [1.807, 2.05) is 30.3 Å². The van der Waals surface area contributed by atoms with E-state index in [0.29, 0.717) is 12.4 Å². The summed E-state index contributed by atoms with van der Waals surface area (Å²) < 4.78 is 9.87. The standard InChI is InChI=1S/C11H13ClO3/c1-14-11(15-8-13)10(7-12)9-5-3-2-4-6-9/h2-6,8,10-11H,7H2,1H3. The molecule has 0 bridgehead atoms. The fourth-order valence-electron chi connectivity index (χ4n) is 1.39. The molecule has 0 aliphatic carbocycles. The second kappa shape index (κ2) is 6.43. The van der Waals surface area contributed by atoms with E-state index in [0.717, 1.165) is 5.56 Å². The lowest BCUT2D eigenvalue weighted by molar-refractivity contribution is -0.161. The summed E-state index contributed by atoms with van der Waals surface area (Å²) in [5.41, 5.74) is 0.987.